The highest BCUT2D eigenvalue weighted by Gasteiger charge is 2.26. The number of rotatable bonds is 6. The predicted octanol–water partition coefficient (Wildman–Crippen LogP) is 4.11. The fourth-order valence-corrected chi connectivity index (χ4v) is 5.44. The van der Waals surface area contributed by atoms with Crippen LogP contribution in [-0.2, 0) is 17.8 Å². The maximum atomic E-state index is 13.0. The van der Waals surface area contributed by atoms with Crippen molar-refractivity contribution in [2.75, 3.05) is 23.8 Å². The lowest BCUT2D eigenvalue weighted by Gasteiger charge is -2.29. The molecule has 2 aromatic rings. The zero-order valence-electron chi connectivity index (χ0n) is 13.8. The molecule has 1 fully saturated rings. The molecule has 1 amide bonds. The third-order valence-electron chi connectivity index (χ3n) is 4.13. The molecule has 24 heavy (non-hydrogen) atoms. The number of thioether (sulfide) groups is 2. The van der Waals surface area contributed by atoms with Crippen LogP contribution in [0.3, 0.4) is 0 Å². The van der Waals surface area contributed by atoms with Gasteiger partial charge in [0.2, 0.25) is 5.91 Å². The Morgan fingerprint density at radius 3 is 2.25 bits per heavy atom. The Morgan fingerprint density at radius 2 is 1.62 bits per heavy atom. The molecular weight excluding hydrogens is 334 g/mol. The molecule has 1 atom stereocenters. The van der Waals surface area contributed by atoms with Crippen LogP contribution in [-0.4, -0.2) is 39.9 Å². The molecule has 2 nitrogen and oxygen atoms in total. The fraction of sp³-hybridized carbons (Fsp3) is 0.350. The summed E-state index contributed by atoms with van der Waals surface area (Å²) < 4.78 is 0. The Labute approximate surface area is 153 Å². The van der Waals surface area contributed by atoms with Crippen molar-refractivity contribution >= 4 is 29.4 Å². The molecule has 2 aromatic carbocycles. The third kappa shape index (κ3) is 5.05. The van der Waals surface area contributed by atoms with E-state index in [9.17, 15) is 4.79 Å². The summed E-state index contributed by atoms with van der Waals surface area (Å²) in [6.07, 6.45) is 0.907. The number of amides is 1. The number of nitrogens with zero attached hydrogens (tertiary/aromatic N) is 1. The molecule has 0 radical (unpaired) electrons. The first-order chi connectivity index (χ1) is 11.8. The molecule has 1 aliphatic heterocycles. The van der Waals surface area contributed by atoms with Crippen molar-refractivity contribution in [3.63, 3.8) is 0 Å². The Kier molecular flexibility index (Phi) is 6.67. The van der Waals surface area contributed by atoms with Crippen LogP contribution in [0.2, 0.25) is 0 Å². The van der Waals surface area contributed by atoms with Gasteiger partial charge < -0.3 is 4.90 Å². The Bertz CT molecular complexity index is 627. The maximum absolute atomic E-state index is 13.0. The van der Waals surface area contributed by atoms with Crippen molar-refractivity contribution in [1.29, 1.82) is 0 Å². The normalized spacial score (nSPS) is 17.4. The zero-order valence-corrected chi connectivity index (χ0v) is 15.4. The lowest BCUT2D eigenvalue weighted by Crippen LogP contribution is -2.40. The molecule has 0 bridgehead atoms. The predicted molar refractivity (Wildman–Crippen MR) is 106 cm³/mol. The molecule has 3 rings (SSSR count). The van der Waals surface area contributed by atoms with E-state index in [4.69, 9.17) is 0 Å². The molecular formula is C20H23NOS2. The summed E-state index contributed by atoms with van der Waals surface area (Å²) in [6.45, 7) is 1.48. The summed E-state index contributed by atoms with van der Waals surface area (Å²) in [5, 5.41) is 0.114. The minimum Gasteiger partial charge on any atom is -0.337 e. The van der Waals surface area contributed by atoms with Gasteiger partial charge >= 0.3 is 0 Å². The number of hydrogen-bond donors (Lipinski definition) is 0. The number of carbonyl (C=O) groups is 1. The second-order valence-electron chi connectivity index (χ2n) is 5.92. The van der Waals surface area contributed by atoms with E-state index in [2.05, 4.69) is 36.4 Å². The van der Waals surface area contributed by atoms with E-state index in [0.717, 1.165) is 30.2 Å². The van der Waals surface area contributed by atoms with E-state index in [-0.39, 0.29) is 5.25 Å². The molecule has 4 heteroatoms. The van der Waals surface area contributed by atoms with Gasteiger partial charge in [-0.3, -0.25) is 4.79 Å². The van der Waals surface area contributed by atoms with E-state index < -0.39 is 0 Å². The van der Waals surface area contributed by atoms with Crippen molar-refractivity contribution in [1.82, 2.24) is 4.90 Å². The van der Waals surface area contributed by atoms with Gasteiger partial charge in [0.1, 0.15) is 0 Å². The summed E-state index contributed by atoms with van der Waals surface area (Å²) in [5.41, 5.74) is 2.49. The van der Waals surface area contributed by atoms with Crippen molar-refractivity contribution in [3.05, 3.63) is 71.8 Å². The van der Waals surface area contributed by atoms with Crippen LogP contribution >= 0.6 is 23.5 Å². The first-order valence-corrected chi connectivity index (χ1v) is 10.6. The summed E-state index contributed by atoms with van der Waals surface area (Å²) >= 11 is 3.72. The molecule has 0 spiro atoms. The summed E-state index contributed by atoms with van der Waals surface area (Å²) in [6, 6.07) is 20.7. The van der Waals surface area contributed by atoms with Crippen LogP contribution < -0.4 is 0 Å². The first kappa shape index (κ1) is 17.4. The van der Waals surface area contributed by atoms with Crippen LogP contribution in [0.5, 0.6) is 0 Å². The minimum absolute atomic E-state index is 0.114. The van der Waals surface area contributed by atoms with Crippen LogP contribution in [0.1, 0.15) is 11.1 Å². The topological polar surface area (TPSA) is 20.3 Å². The van der Waals surface area contributed by atoms with Crippen LogP contribution in [0.15, 0.2) is 60.7 Å². The number of hydrogen-bond acceptors (Lipinski definition) is 3. The van der Waals surface area contributed by atoms with Gasteiger partial charge in [0.15, 0.2) is 0 Å². The zero-order chi connectivity index (χ0) is 16.6. The number of carbonyl (C=O) groups excluding carboxylic acids is 1. The molecule has 1 saturated heterocycles. The monoisotopic (exact) mass is 357 g/mol. The third-order valence-corrected chi connectivity index (χ3v) is 6.87. The molecule has 1 heterocycles. The average molecular weight is 358 g/mol. The van der Waals surface area contributed by atoms with Gasteiger partial charge in [-0.25, -0.2) is 0 Å². The summed E-state index contributed by atoms with van der Waals surface area (Å²) in [7, 11) is 0. The van der Waals surface area contributed by atoms with Crippen molar-refractivity contribution in [3.8, 4) is 0 Å². The first-order valence-electron chi connectivity index (χ1n) is 8.39. The molecule has 1 aliphatic rings. The lowest BCUT2D eigenvalue weighted by atomic mass is 10.1. The highest BCUT2D eigenvalue weighted by Crippen LogP contribution is 2.26. The van der Waals surface area contributed by atoms with E-state index >= 15 is 0 Å². The van der Waals surface area contributed by atoms with Gasteiger partial charge in [0, 0.05) is 30.3 Å². The highest BCUT2D eigenvalue weighted by molar-refractivity contribution is 8.07. The van der Waals surface area contributed by atoms with Gasteiger partial charge in [-0.1, -0.05) is 60.7 Å². The van der Waals surface area contributed by atoms with E-state index in [0.29, 0.717) is 12.5 Å². The largest absolute Gasteiger partial charge is 0.337 e. The molecule has 126 valence electrons. The molecule has 0 N–H and O–H groups in total. The smallest absolute Gasteiger partial charge is 0.236 e. The van der Waals surface area contributed by atoms with Crippen molar-refractivity contribution in [2.24, 2.45) is 0 Å². The van der Waals surface area contributed by atoms with Gasteiger partial charge in [0.05, 0.1) is 5.25 Å². The maximum Gasteiger partial charge on any atom is 0.236 e. The van der Waals surface area contributed by atoms with E-state index in [1.807, 2.05) is 52.7 Å². The van der Waals surface area contributed by atoms with Crippen molar-refractivity contribution < 1.29 is 4.79 Å². The molecule has 0 aliphatic carbocycles. The fourth-order valence-electron chi connectivity index (χ4n) is 2.81. The second kappa shape index (κ2) is 9.19. The van der Waals surface area contributed by atoms with Gasteiger partial charge in [0.25, 0.3) is 0 Å². The van der Waals surface area contributed by atoms with Crippen molar-refractivity contribution in [2.45, 2.75) is 18.2 Å². The standard InChI is InChI=1S/C20H23NOS2/c22-20(19-16-23-13-14-24-19)21(15-18-9-5-2-6-10-18)12-11-17-7-3-1-4-8-17/h1-10,19H,11-16H2. The van der Waals surface area contributed by atoms with Gasteiger partial charge in [-0.15, -0.1) is 11.8 Å². The lowest BCUT2D eigenvalue weighted by molar-refractivity contribution is -0.130. The molecule has 0 aromatic heterocycles. The van der Waals surface area contributed by atoms with Crippen LogP contribution in [0.4, 0.5) is 0 Å². The van der Waals surface area contributed by atoms with E-state index in [1.165, 1.54) is 11.1 Å². The quantitative estimate of drug-likeness (QED) is 0.776. The Morgan fingerprint density at radius 1 is 0.958 bits per heavy atom. The van der Waals surface area contributed by atoms with Crippen LogP contribution in [0, 0.1) is 0 Å². The molecule has 0 saturated carbocycles. The molecule has 1 unspecified atom stereocenters. The van der Waals surface area contributed by atoms with E-state index in [1.54, 1.807) is 0 Å². The summed E-state index contributed by atoms with van der Waals surface area (Å²) in [5.74, 6) is 3.49. The highest BCUT2D eigenvalue weighted by atomic mass is 32.2. The Hall–Kier alpha value is -1.39. The second-order valence-corrected chi connectivity index (χ2v) is 8.38. The van der Waals surface area contributed by atoms with Gasteiger partial charge in [-0.05, 0) is 17.5 Å². The summed E-state index contributed by atoms with van der Waals surface area (Å²) in [4.78, 5) is 15.1. The minimum atomic E-state index is 0.114. The van der Waals surface area contributed by atoms with Crippen LogP contribution in [0.25, 0.3) is 0 Å². The SMILES string of the molecule is O=C(C1CSCCS1)N(CCc1ccccc1)Cc1ccccc1. The van der Waals surface area contributed by atoms with Gasteiger partial charge in [-0.2, -0.15) is 11.8 Å². The number of benzene rings is 2. The Balaban J connectivity index is 1.68. The average Bonchev–Trinajstić information content (AvgIpc) is 2.67.